The lowest BCUT2D eigenvalue weighted by atomic mass is 9.93. The first kappa shape index (κ1) is 21.8. The zero-order chi connectivity index (χ0) is 17.1. The predicted molar refractivity (Wildman–Crippen MR) is 102 cm³/mol. The molecule has 0 radical (unpaired) electrons. The van der Waals surface area contributed by atoms with E-state index in [0.717, 1.165) is 38.4 Å². The zero-order valence-electron chi connectivity index (χ0n) is 14.8. The third-order valence-electron chi connectivity index (χ3n) is 4.58. The lowest BCUT2D eigenvalue weighted by Crippen LogP contribution is -2.41. The molecular weight excluding hydrogens is 432 g/mol. The van der Waals surface area contributed by atoms with Gasteiger partial charge in [-0.25, -0.2) is 0 Å². The Morgan fingerprint density at radius 1 is 1.29 bits per heavy atom. The number of hydrogen-bond acceptors (Lipinski definition) is 2. The largest absolute Gasteiger partial charge is 0.401 e. The smallest absolute Gasteiger partial charge is 0.357 e. The molecule has 1 N–H and O–H groups in total. The molecule has 142 valence electrons. The van der Waals surface area contributed by atoms with Crippen molar-refractivity contribution in [2.24, 2.45) is 16.3 Å². The van der Waals surface area contributed by atoms with Crippen molar-refractivity contribution < 1.29 is 13.2 Å². The number of rotatable bonds is 4. The van der Waals surface area contributed by atoms with Crippen LogP contribution in [0, 0.1) is 11.3 Å². The van der Waals surface area contributed by atoms with E-state index in [9.17, 15) is 13.2 Å². The fraction of sp³-hybridized carbons (Fsp3) is 0.938. The second kappa shape index (κ2) is 8.91. The highest BCUT2D eigenvalue weighted by Crippen LogP contribution is 2.29. The minimum atomic E-state index is -4.10. The van der Waals surface area contributed by atoms with E-state index < -0.39 is 12.7 Å². The van der Waals surface area contributed by atoms with Gasteiger partial charge in [-0.05, 0) is 37.6 Å². The number of nitrogens with zero attached hydrogens (tertiary/aromatic N) is 3. The van der Waals surface area contributed by atoms with E-state index in [1.807, 2.05) is 6.92 Å². The van der Waals surface area contributed by atoms with E-state index in [1.165, 1.54) is 4.90 Å². The molecule has 0 spiro atoms. The summed E-state index contributed by atoms with van der Waals surface area (Å²) in [6, 6.07) is 0. The average molecular weight is 462 g/mol. The monoisotopic (exact) mass is 462 g/mol. The van der Waals surface area contributed by atoms with Gasteiger partial charge in [-0.15, -0.1) is 24.0 Å². The second-order valence-corrected chi connectivity index (χ2v) is 7.54. The number of halogens is 4. The van der Waals surface area contributed by atoms with Crippen LogP contribution in [0.5, 0.6) is 0 Å². The summed E-state index contributed by atoms with van der Waals surface area (Å²) < 4.78 is 37.3. The van der Waals surface area contributed by atoms with Crippen LogP contribution in [0.4, 0.5) is 13.2 Å². The van der Waals surface area contributed by atoms with Gasteiger partial charge >= 0.3 is 6.18 Å². The van der Waals surface area contributed by atoms with Crippen molar-refractivity contribution in [3.05, 3.63) is 0 Å². The molecule has 2 aliphatic rings. The molecule has 2 aliphatic heterocycles. The van der Waals surface area contributed by atoms with E-state index >= 15 is 0 Å². The van der Waals surface area contributed by atoms with E-state index in [-0.39, 0.29) is 29.9 Å². The van der Waals surface area contributed by atoms with Gasteiger partial charge in [0.05, 0.1) is 6.54 Å². The van der Waals surface area contributed by atoms with Crippen molar-refractivity contribution in [2.75, 3.05) is 45.8 Å². The Morgan fingerprint density at radius 2 is 2.00 bits per heavy atom. The topological polar surface area (TPSA) is 30.9 Å². The van der Waals surface area contributed by atoms with E-state index in [2.05, 4.69) is 24.1 Å². The molecule has 8 heteroatoms. The molecule has 2 fully saturated rings. The van der Waals surface area contributed by atoms with Gasteiger partial charge in [-0.2, -0.15) is 13.2 Å². The quantitative estimate of drug-likeness (QED) is 0.396. The molecular formula is C16H30F3IN4. The SMILES string of the molecule is CCNC(=NCC1CCN(CC(F)(F)F)C1)N1CCC(C)(C)C1.I. The molecule has 1 unspecified atom stereocenters. The number of nitrogens with one attached hydrogen (secondary N) is 1. The molecule has 0 aromatic heterocycles. The molecule has 0 aliphatic carbocycles. The van der Waals surface area contributed by atoms with Crippen LogP contribution in [0.2, 0.25) is 0 Å². The summed E-state index contributed by atoms with van der Waals surface area (Å²) in [6.45, 7) is 10.1. The summed E-state index contributed by atoms with van der Waals surface area (Å²) in [6.07, 6.45) is -2.17. The van der Waals surface area contributed by atoms with Gasteiger partial charge in [0.1, 0.15) is 0 Å². The van der Waals surface area contributed by atoms with Crippen molar-refractivity contribution in [3.8, 4) is 0 Å². The van der Waals surface area contributed by atoms with Crippen LogP contribution in [0.3, 0.4) is 0 Å². The summed E-state index contributed by atoms with van der Waals surface area (Å²) in [5.41, 5.74) is 0.299. The van der Waals surface area contributed by atoms with E-state index in [1.54, 1.807) is 0 Å². The van der Waals surface area contributed by atoms with Crippen molar-refractivity contribution in [3.63, 3.8) is 0 Å². The maximum absolute atomic E-state index is 12.4. The van der Waals surface area contributed by atoms with E-state index in [4.69, 9.17) is 4.99 Å². The Hall–Kier alpha value is -0.250. The molecule has 1 atom stereocenters. The Balaban J connectivity index is 0.00000288. The number of hydrogen-bond donors (Lipinski definition) is 1. The summed E-state index contributed by atoms with van der Waals surface area (Å²) in [7, 11) is 0. The fourth-order valence-electron chi connectivity index (χ4n) is 3.39. The summed E-state index contributed by atoms with van der Waals surface area (Å²) >= 11 is 0. The molecule has 0 saturated carbocycles. The average Bonchev–Trinajstić information content (AvgIpc) is 2.99. The number of aliphatic imine (C=N–C) groups is 1. The number of alkyl halides is 3. The highest BCUT2D eigenvalue weighted by atomic mass is 127. The van der Waals surface area contributed by atoms with Crippen molar-refractivity contribution in [1.29, 1.82) is 0 Å². The summed E-state index contributed by atoms with van der Waals surface area (Å²) in [5.74, 6) is 1.13. The molecule has 0 amide bonds. The second-order valence-electron chi connectivity index (χ2n) is 7.54. The normalized spacial score (nSPS) is 25.0. The lowest BCUT2D eigenvalue weighted by molar-refractivity contribution is -0.143. The van der Waals surface area contributed by atoms with Gasteiger partial charge in [0.25, 0.3) is 0 Å². The molecule has 0 bridgehead atoms. The summed E-state index contributed by atoms with van der Waals surface area (Å²) in [4.78, 5) is 8.46. The van der Waals surface area contributed by atoms with Gasteiger partial charge in [-0.1, -0.05) is 13.8 Å². The predicted octanol–water partition coefficient (Wildman–Crippen LogP) is 3.19. The third kappa shape index (κ3) is 6.93. The lowest BCUT2D eigenvalue weighted by Gasteiger charge is -2.24. The highest BCUT2D eigenvalue weighted by molar-refractivity contribution is 14.0. The highest BCUT2D eigenvalue weighted by Gasteiger charge is 2.34. The first-order valence-electron chi connectivity index (χ1n) is 8.51. The molecule has 2 saturated heterocycles. The van der Waals surface area contributed by atoms with E-state index in [0.29, 0.717) is 25.0 Å². The Labute approximate surface area is 160 Å². The summed E-state index contributed by atoms with van der Waals surface area (Å²) in [5, 5.41) is 3.32. The Kier molecular flexibility index (Phi) is 8.09. The first-order valence-corrected chi connectivity index (χ1v) is 8.51. The molecule has 4 nitrogen and oxygen atoms in total. The van der Waals surface area contributed by atoms with Gasteiger partial charge < -0.3 is 10.2 Å². The van der Waals surface area contributed by atoms with Crippen LogP contribution in [-0.4, -0.2) is 67.7 Å². The Morgan fingerprint density at radius 3 is 2.54 bits per heavy atom. The van der Waals surface area contributed by atoms with Crippen LogP contribution in [0.15, 0.2) is 4.99 Å². The fourth-order valence-corrected chi connectivity index (χ4v) is 3.39. The number of guanidine groups is 1. The molecule has 2 heterocycles. The van der Waals surface area contributed by atoms with Crippen LogP contribution < -0.4 is 5.32 Å². The minimum Gasteiger partial charge on any atom is -0.357 e. The molecule has 0 aromatic carbocycles. The zero-order valence-corrected chi connectivity index (χ0v) is 17.2. The number of likely N-dealkylation sites (tertiary alicyclic amines) is 2. The molecule has 24 heavy (non-hydrogen) atoms. The van der Waals surface area contributed by atoms with Crippen molar-refractivity contribution >= 4 is 29.9 Å². The molecule has 0 aromatic rings. The van der Waals surface area contributed by atoms with Crippen LogP contribution >= 0.6 is 24.0 Å². The van der Waals surface area contributed by atoms with Crippen molar-refractivity contribution in [2.45, 2.75) is 39.8 Å². The maximum atomic E-state index is 12.4. The Bertz CT molecular complexity index is 426. The maximum Gasteiger partial charge on any atom is 0.401 e. The van der Waals surface area contributed by atoms with Crippen LogP contribution in [0.1, 0.15) is 33.6 Å². The van der Waals surface area contributed by atoms with Gasteiger partial charge in [0.15, 0.2) is 5.96 Å². The first-order chi connectivity index (χ1) is 10.7. The van der Waals surface area contributed by atoms with Gasteiger partial charge in [0, 0.05) is 32.7 Å². The van der Waals surface area contributed by atoms with Crippen molar-refractivity contribution in [1.82, 2.24) is 15.1 Å². The van der Waals surface area contributed by atoms with Gasteiger partial charge in [-0.3, -0.25) is 9.89 Å². The third-order valence-corrected chi connectivity index (χ3v) is 4.58. The van der Waals surface area contributed by atoms with Crippen LogP contribution in [-0.2, 0) is 0 Å². The standard InChI is InChI=1S/C16H29F3N4.HI/c1-4-20-14(23-8-6-15(2,3)11-23)21-9-13-5-7-22(10-13)12-16(17,18)19;/h13H,4-12H2,1-3H3,(H,20,21);1H. The minimum absolute atomic E-state index is 0. The molecule has 2 rings (SSSR count). The van der Waals surface area contributed by atoms with Crippen LogP contribution in [0.25, 0.3) is 0 Å². The van der Waals surface area contributed by atoms with Gasteiger partial charge in [0.2, 0.25) is 0 Å².